The van der Waals surface area contributed by atoms with Gasteiger partial charge in [0.2, 0.25) is 5.88 Å². The lowest BCUT2D eigenvalue weighted by Gasteiger charge is -2.07. The quantitative estimate of drug-likeness (QED) is 0.282. The second-order valence-corrected chi connectivity index (χ2v) is 7.08. The fourth-order valence-electron chi connectivity index (χ4n) is 3.12. The number of carbonyl (C=O) groups is 1. The predicted octanol–water partition coefficient (Wildman–Crippen LogP) is 5.76. The van der Waals surface area contributed by atoms with Crippen molar-refractivity contribution in [2.45, 2.75) is 6.92 Å². The Kier molecular flexibility index (Phi) is 6.36. The molecule has 0 unspecified atom stereocenters. The number of aliphatic imine (C=N–C) groups is 1. The number of hydrogen-bond acceptors (Lipinski definition) is 5. The average molecular weight is 441 g/mol. The van der Waals surface area contributed by atoms with Gasteiger partial charge >= 0.3 is 0 Å². The molecule has 2 heterocycles. The molecule has 0 aliphatic rings. The number of para-hydroxylation sites is 1. The average Bonchev–Trinajstić information content (AvgIpc) is 3.25. The van der Waals surface area contributed by atoms with Crippen LogP contribution in [-0.4, -0.2) is 27.8 Å². The molecule has 0 saturated heterocycles. The lowest BCUT2D eigenvalue weighted by atomic mass is 10.0. The standard InChI is InChI=1S/C25H20FN5O2/c1-16(6-5-13-27-2)17-9-11-21-19(14-17)24(31-30-21)25(32)29-18-10-12-23(28-15-18)33-22-8-4-3-7-20(22)26/h3-15H,2H2,1H3,(H,29,32)(H,30,31)/b13-5-,16-6+. The molecule has 2 aromatic heterocycles. The summed E-state index contributed by atoms with van der Waals surface area (Å²) in [7, 11) is 0. The van der Waals surface area contributed by atoms with Crippen LogP contribution in [0.5, 0.6) is 11.6 Å². The van der Waals surface area contributed by atoms with Crippen LogP contribution in [0.1, 0.15) is 23.0 Å². The number of amides is 1. The zero-order chi connectivity index (χ0) is 23.2. The maximum Gasteiger partial charge on any atom is 0.276 e. The summed E-state index contributed by atoms with van der Waals surface area (Å²) in [5, 5.41) is 10.5. The van der Waals surface area contributed by atoms with E-state index in [4.69, 9.17) is 4.74 Å². The minimum Gasteiger partial charge on any atom is -0.436 e. The third-order valence-electron chi connectivity index (χ3n) is 4.82. The number of aromatic amines is 1. The number of nitrogens with one attached hydrogen (secondary N) is 2. The van der Waals surface area contributed by atoms with Crippen LogP contribution in [0.3, 0.4) is 0 Å². The third-order valence-corrected chi connectivity index (χ3v) is 4.82. The first-order valence-corrected chi connectivity index (χ1v) is 10.0. The number of fused-ring (bicyclic) bond motifs is 1. The molecule has 0 spiro atoms. The van der Waals surface area contributed by atoms with Gasteiger partial charge in [-0.3, -0.25) is 14.9 Å². The molecule has 8 heteroatoms. The number of ether oxygens (including phenoxy) is 1. The Morgan fingerprint density at radius 2 is 2.06 bits per heavy atom. The molecule has 0 fully saturated rings. The number of pyridine rings is 1. The second kappa shape index (κ2) is 9.69. The normalized spacial score (nSPS) is 11.6. The van der Waals surface area contributed by atoms with Crippen LogP contribution in [0.15, 0.2) is 84.1 Å². The summed E-state index contributed by atoms with van der Waals surface area (Å²) in [6, 6.07) is 14.9. The minimum absolute atomic E-state index is 0.0705. The topological polar surface area (TPSA) is 92.3 Å². The van der Waals surface area contributed by atoms with E-state index in [9.17, 15) is 9.18 Å². The van der Waals surface area contributed by atoms with Crippen molar-refractivity contribution in [2.24, 2.45) is 4.99 Å². The van der Waals surface area contributed by atoms with Crippen LogP contribution >= 0.6 is 0 Å². The van der Waals surface area contributed by atoms with Crippen molar-refractivity contribution in [2.75, 3.05) is 5.32 Å². The maximum absolute atomic E-state index is 13.7. The number of rotatable bonds is 7. The van der Waals surface area contributed by atoms with Crippen molar-refractivity contribution in [3.63, 3.8) is 0 Å². The highest BCUT2D eigenvalue weighted by atomic mass is 19.1. The number of carbonyl (C=O) groups excluding carboxylic acids is 1. The molecule has 0 radical (unpaired) electrons. The van der Waals surface area contributed by atoms with E-state index in [0.717, 1.165) is 16.7 Å². The van der Waals surface area contributed by atoms with Gasteiger partial charge in [-0.25, -0.2) is 9.37 Å². The Bertz CT molecular complexity index is 1370. The first-order valence-electron chi connectivity index (χ1n) is 10.0. The maximum atomic E-state index is 13.7. The number of anilines is 1. The van der Waals surface area contributed by atoms with Gasteiger partial charge in [0.25, 0.3) is 5.91 Å². The summed E-state index contributed by atoms with van der Waals surface area (Å²) in [4.78, 5) is 20.7. The van der Waals surface area contributed by atoms with Gasteiger partial charge in [-0.1, -0.05) is 24.3 Å². The third kappa shape index (κ3) is 5.01. The summed E-state index contributed by atoms with van der Waals surface area (Å²) >= 11 is 0. The monoisotopic (exact) mass is 441 g/mol. The van der Waals surface area contributed by atoms with Crippen LogP contribution in [0.2, 0.25) is 0 Å². The molecule has 0 bridgehead atoms. The van der Waals surface area contributed by atoms with Crippen LogP contribution in [0, 0.1) is 5.82 Å². The highest BCUT2D eigenvalue weighted by Crippen LogP contribution is 2.25. The predicted molar refractivity (Wildman–Crippen MR) is 127 cm³/mol. The summed E-state index contributed by atoms with van der Waals surface area (Å²) in [6.07, 6.45) is 6.73. The zero-order valence-corrected chi connectivity index (χ0v) is 17.7. The Hall–Kier alpha value is -4.59. The van der Waals surface area contributed by atoms with Gasteiger partial charge in [-0.15, -0.1) is 0 Å². The molecular formula is C25H20FN5O2. The van der Waals surface area contributed by atoms with E-state index in [1.807, 2.05) is 31.2 Å². The first kappa shape index (κ1) is 21.6. The first-order chi connectivity index (χ1) is 16.0. The zero-order valence-electron chi connectivity index (χ0n) is 17.7. The lowest BCUT2D eigenvalue weighted by molar-refractivity contribution is 0.102. The number of halogens is 1. The van der Waals surface area contributed by atoms with Crippen molar-refractivity contribution in [3.05, 3.63) is 96.2 Å². The number of aromatic nitrogens is 3. The van der Waals surface area contributed by atoms with Gasteiger partial charge in [0.1, 0.15) is 0 Å². The van der Waals surface area contributed by atoms with E-state index in [1.165, 1.54) is 18.3 Å². The van der Waals surface area contributed by atoms with Gasteiger partial charge in [0.15, 0.2) is 17.3 Å². The van der Waals surface area contributed by atoms with Gasteiger partial charge in [0.05, 0.1) is 17.4 Å². The fraction of sp³-hybridized carbons (Fsp3) is 0.0400. The SMILES string of the molecule is C=N/C=C\C=C(/C)c1ccc2[nH]nc(C(=O)Nc3ccc(Oc4ccccc4F)nc3)c2c1. The lowest BCUT2D eigenvalue weighted by Crippen LogP contribution is -2.13. The molecule has 33 heavy (non-hydrogen) atoms. The van der Waals surface area contributed by atoms with Crippen LogP contribution < -0.4 is 10.1 Å². The molecule has 4 aromatic rings. The summed E-state index contributed by atoms with van der Waals surface area (Å²) in [6.45, 7) is 5.37. The minimum atomic E-state index is -0.486. The molecule has 0 aliphatic heterocycles. The van der Waals surface area contributed by atoms with E-state index >= 15 is 0 Å². The van der Waals surface area contributed by atoms with Gasteiger partial charge in [0, 0.05) is 17.7 Å². The molecule has 7 nitrogen and oxygen atoms in total. The highest BCUT2D eigenvalue weighted by molar-refractivity contribution is 6.11. The van der Waals surface area contributed by atoms with Gasteiger partial charge < -0.3 is 10.1 Å². The summed E-state index contributed by atoms with van der Waals surface area (Å²) < 4.78 is 19.2. The van der Waals surface area contributed by atoms with E-state index in [1.54, 1.807) is 36.5 Å². The Morgan fingerprint density at radius 1 is 1.21 bits per heavy atom. The van der Waals surface area contributed by atoms with E-state index < -0.39 is 5.82 Å². The van der Waals surface area contributed by atoms with Crippen molar-refractivity contribution in [1.82, 2.24) is 15.2 Å². The second-order valence-electron chi connectivity index (χ2n) is 7.08. The van der Waals surface area contributed by atoms with E-state index in [2.05, 4.69) is 32.2 Å². The van der Waals surface area contributed by atoms with Crippen molar-refractivity contribution >= 4 is 34.8 Å². The molecule has 2 aromatic carbocycles. The van der Waals surface area contributed by atoms with Crippen molar-refractivity contribution < 1.29 is 13.9 Å². The Labute approximate surface area is 189 Å². The Balaban J connectivity index is 1.51. The highest BCUT2D eigenvalue weighted by Gasteiger charge is 2.15. The van der Waals surface area contributed by atoms with E-state index in [-0.39, 0.29) is 23.2 Å². The van der Waals surface area contributed by atoms with Crippen LogP contribution in [0.4, 0.5) is 10.1 Å². The molecule has 164 valence electrons. The number of allylic oxidation sites excluding steroid dienone is 3. The van der Waals surface area contributed by atoms with Gasteiger partial charge in [-0.05, 0) is 61.2 Å². The smallest absolute Gasteiger partial charge is 0.276 e. The number of H-pyrrole nitrogens is 1. The molecule has 0 atom stereocenters. The molecule has 0 saturated carbocycles. The van der Waals surface area contributed by atoms with Gasteiger partial charge in [-0.2, -0.15) is 5.10 Å². The molecule has 4 rings (SSSR count). The van der Waals surface area contributed by atoms with Crippen LogP contribution in [0.25, 0.3) is 16.5 Å². The summed E-state index contributed by atoms with van der Waals surface area (Å²) in [5.74, 6) is -0.600. The van der Waals surface area contributed by atoms with Crippen LogP contribution in [-0.2, 0) is 0 Å². The fourth-order valence-corrected chi connectivity index (χ4v) is 3.12. The molecule has 0 aliphatic carbocycles. The Morgan fingerprint density at radius 3 is 2.82 bits per heavy atom. The van der Waals surface area contributed by atoms with Crippen molar-refractivity contribution in [1.29, 1.82) is 0 Å². The number of benzene rings is 2. The summed E-state index contributed by atoms with van der Waals surface area (Å²) in [5.41, 5.74) is 3.40. The molecule has 1 amide bonds. The van der Waals surface area contributed by atoms with Crippen molar-refractivity contribution in [3.8, 4) is 11.6 Å². The molecular weight excluding hydrogens is 421 g/mol. The number of hydrogen-bond donors (Lipinski definition) is 2. The molecule has 2 N–H and O–H groups in total. The number of nitrogens with zero attached hydrogens (tertiary/aromatic N) is 3. The van der Waals surface area contributed by atoms with E-state index in [0.29, 0.717) is 11.1 Å². The largest absolute Gasteiger partial charge is 0.436 e.